The Morgan fingerprint density at radius 1 is 1.17 bits per heavy atom. The maximum absolute atomic E-state index is 7.45. The normalized spacial score (nSPS) is 17.5. The van der Waals surface area contributed by atoms with Crippen molar-refractivity contribution in [2.45, 2.75) is 18.0 Å². The van der Waals surface area contributed by atoms with Crippen LogP contribution in [0, 0.1) is 5.92 Å². The van der Waals surface area contributed by atoms with E-state index in [1.165, 1.54) is 11.8 Å². The monoisotopic (exact) mass is 456 g/mol. The van der Waals surface area contributed by atoms with Crippen molar-refractivity contribution in [1.82, 2.24) is 15.0 Å². The van der Waals surface area contributed by atoms with E-state index >= 15 is 0 Å². The summed E-state index contributed by atoms with van der Waals surface area (Å²) in [5.74, 6) is 0.358. The fraction of sp³-hybridized carbons (Fsp3) is 0.350. The average molecular weight is 457 g/mol. The fourth-order valence-electron chi connectivity index (χ4n) is 2.90. The van der Waals surface area contributed by atoms with E-state index in [0.29, 0.717) is 34.3 Å². The first-order valence-corrected chi connectivity index (χ1v) is 10.7. The van der Waals surface area contributed by atoms with Crippen LogP contribution in [-0.4, -0.2) is 41.8 Å². The molecule has 152 valence electrons. The third-order valence-electron chi connectivity index (χ3n) is 4.59. The van der Waals surface area contributed by atoms with Gasteiger partial charge in [-0.3, -0.25) is 0 Å². The minimum Gasteiger partial charge on any atom is -0.495 e. The van der Waals surface area contributed by atoms with E-state index in [-0.39, 0.29) is 32.8 Å². The van der Waals surface area contributed by atoms with Gasteiger partial charge in [-0.25, -0.2) is 15.0 Å². The maximum atomic E-state index is 7.45. The quantitative estimate of drug-likeness (QED) is 0.368. The van der Waals surface area contributed by atoms with Gasteiger partial charge in [0.15, 0.2) is 11.0 Å². The van der Waals surface area contributed by atoms with Gasteiger partial charge in [0, 0.05) is 29.8 Å². The second-order valence-corrected chi connectivity index (χ2v) is 8.08. The zero-order valence-corrected chi connectivity index (χ0v) is 17.6. The molecule has 0 radical (unpaired) electrons. The van der Waals surface area contributed by atoms with Crippen LogP contribution < -0.4 is 14.8 Å². The molecule has 1 aliphatic carbocycles. The van der Waals surface area contributed by atoms with Gasteiger partial charge in [0.2, 0.25) is 0 Å². The number of methoxy groups -OCH3 is 2. The summed E-state index contributed by atoms with van der Waals surface area (Å²) >= 11 is 14.5. The number of aromatic nitrogens is 3. The molecule has 0 bridgehead atoms. The molecule has 1 N–H and O–H groups in total. The number of nitrogens with one attached hydrogen (secondary N) is 1. The Morgan fingerprint density at radius 2 is 1.90 bits per heavy atom. The molecule has 0 atom stereocenters. The second kappa shape index (κ2) is 8.42. The van der Waals surface area contributed by atoms with Crippen LogP contribution in [0.15, 0.2) is 23.5 Å². The second-order valence-electron chi connectivity index (χ2n) is 6.55. The van der Waals surface area contributed by atoms with E-state index < -0.39 is 14.1 Å². The van der Waals surface area contributed by atoms with Gasteiger partial charge < -0.3 is 14.8 Å². The molecule has 0 saturated heterocycles. The first-order valence-electron chi connectivity index (χ1n) is 11.7. The number of anilines is 1. The fourth-order valence-corrected chi connectivity index (χ4v) is 3.86. The van der Waals surface area contributed by atoms with Gasteiger partial charge in [0.1, 0.15) is 17.0 Å². The largest absolute Gasteiger partial charge is 0.495 e. The number of rotatable bonds is 7. The Kier molecular flexibility index (Phi) is 4.10. The van der Waals surface area contributed by atoms with Crippen LogP contribution in [0.25, 0.3) is 22.2 Å². The van der Waals surface area contributed by atoms with Gasteiger partial charge in [-0.15, -0.1) is 0 Å². The summed E-state index contributed by atoms with van der Waals surface area (Å²) in [6, 6.07) is 2.67. The third-order valence-corrected chi connectivity index (χ3v) is 5.90. The van der Waals surface area contributed by atoms with Crippen LogP contribution >= 0.6 is 35.0 Å². The summed E-state index contributed by atoms with van der Waals surface area (Å²) < 4.78 is 54.7. The molecule has 0 unspecified atom stereocenters. The lowest BCUT2D eigenvalue weighted by molar-refractivity contribution is 0.395. The highest BCUT2D eigenvalue weighted by atomic mass is 35.5. The molecule has 9 heteroatoms. The topological polar surface area (TPSA) is 69.2 Å². The molecule has 6 nitrogen and oxygen atoms in total. The molecule has 1 saturated carbocycles. The Labute approximate surface area is 191 Å². The van der Waals surface area contributed by atoms with Crippen LogP contribution in [0.1, 0.15) is 21.1 Å². The van der Waals surface area contributed by atoms with E-state index in [9.17, 15) is 0 Å². The van der Waals surface area contributed by atoms with Crippen LogP contribution in [0.2, 0.25) is 10.0 Å². The van der Waals surface area contributed by atoms with Crippen molar-refractivity contribution < 1.29 is 17.7 Å². The lowest BCUT2D eigenvalue weighted by Gasteiger charge is -2.16. The number of hydrogen-bond donors (Lipinski definition) is 1. The first-order chi connectivity index (χ1) is 16.3. The summed E-state index contributed by atoms with van der Waals surface area (Å²) in [7, 11) is -5.72. The van der Waals surface area contributed by atoms with Crippen molar-refractivity contribution in [2.24, 2.45) is 5.92 Å². The molecule has 4 rings (SSSR count). The maximum Gasteiger partial charge on any atom is 0.187 e. The Balaban J connectivity index is 1.92. The van der Waals surface area contributed by atoms with E-state index in [1.54, 1.807) is 12.3 Å². The minimum absolute atomic E-state index is 0.0552. The number of fused-ring (bicyclic) bond motifs is 1. The zero-order chi connectivity index (χ0) is 25.5. The number of thioether (sulfide) groups is 1. The minimum atomic E-state index is -2.86. The van der Waals surface area contributed by atoms with Crippen LogP contribution in [-0.2, 0) is 0 Å². The molecular weight excluding hydrogens is 431 g/mol. The van der Waals surface area contributed by atoms with Crippen molar-refractivity contribution in [3.8, 4) is 22.8 Å². The lowest BCUT2D eigenvalue weighted by atomic mass is 10.1. The summed E-state index contributed by atoms with van der Waals surface area (Å²) in [4.78, 5) is 13.6. The van der Waals surface area contributed by atoms with Gasteiger partial charge >= 0.3 is 0 Å². The van der Waals surface area contributed by atoms with Crippen molar-refractivity contribution >= 4 is 51.7 Å². The third kappa shape index (κ3) is 4.04. The summed E-state index contributed by atoms with van der Waals surface area (Å²) in [5.41, 5.74) is 0.882. The van der Waals surface area contributed by atoms with E-state index in [2.05, 4.69) is 20.3 Å². The van der Waals surface area contributed by atoms with E-state index in [1.807, 2.05) is 6.26 Å². The zero-order valence-electron chi connectivity index (χ0n) is 21.3. The Bertz CT molecular complexity index is 1230. The molecule has 29 heavy (non-hydrogen) atoms. The van der Waals surface area contributed by atoms with Crippen LogP contribution in [0.4, 0.5) is 5.82 Å². The number of ether oxygens (including phenoxy) is 2. The van der Waals surface area contributed by atoms with Gasteiger partial charge in [-0.05, 0) is 31.1 Å². The molecule has 3 aromatic rings. The lowest BCUT2D eigenvalue weighted by Crippen LogP contribution is -2.07. The Morgan fingerprint density at radius 3 is 2.52 bits per heavy atom. The average Bonchev–Trinajstić information content (AvgIpc) is 3.58. The molecule has 1 aliphatic rings. The summed E-state index contributed by atoms with van der Waals surface area (Å²) in [5, 5.41) is 4.19. The standard InChI is InChI=1S/C20H20Cl2N4O2S/c1-27-13-7-14(28-2)17(22)15(16(13)21)12-6-11-9-24-20(29-3)26-18(11)19(25-12)23-8-10-4-5-10/h6-7,9-10H,4-5,8H2,1-3H3,(H,23,25)/i1D3,2D3. The number of pyridine rings is 1. The van der Waals surface area contributed by atoms with Gasteiger partial charge in [0.25, 0.3) is 0 Å². The molecule has 1 fully saturated rings. The first kappa shape index (κ1) is 14.1. The van der Waals surface area contributed by atoms with Gasteiger partial charge in [0.05, 0.1) is 38.0 Å². The van der Waals surface area contributed by atoms with Crippen molar-refractivity contribution in [3.05, 3.63) is 28.4 Å². The van der Waals surface area contributed by atoms with Crippen molar-refractivity contribution in [3.63, 3.8) is 0 Å². The number of halogens is 2. The van der Waals surface area contributed by atoms with Crippen molar-refractivity contribution in [1.29, 1.82) is 0 Å². The SMILES string of the molecule is [2H]C([2H])([2H])Oc1cc(OC([2H])([2H])[2H])c(Cl)c(-c2cc3cnc(SC)nc3c(NCC3CC3)n2)c1Cl. The number of benzene rings is 1. The predicted octanol–water partition coefficient (Wildman–Crippen LogP) is 5.56. The van der Waals surface area contributed by atoms with Gasteiger partial charge in [-0.1, -0.05) is 35.0 Å². The van der Waals surface area contributed by atoms with Crippen LogP contribution in [0.5, 0.6) is 11.5 Å². The smallest absolute Gasteiger partial charge is 0.187 e. The summed E-state index contributed by atoms with van der Waals surface area (Å²) in [6.07, 6.45) is 5.74. The molecule has 0 amide bonds. The summed E-state index contributed by atoms with van der Waals surface area (Å²) in [6.45, 7) is 0.696. The molecule has 0 spiro atoms. The highest BCUT2D eigenvalue weighted by molar-refractivity contribution is 7.98. The molecule has 0 aliphatic heterocycles. The number of hydrogen-bond acceptors (Lipinski definition) is 7. The van der Waals surface area contributed by atoms with Gasteiger partial charge in [-0.2, -0.15) is 0 Å². The molecular formula is C20H20Cl2N4O2S. The highest BCUT2D eigenvalue weighted by Gasteiger charge is 2.24. The van der Waals surface area contributed by atoms with Crippen LogP contribution in [0.3, 0.4) is 0 Å². The van der Waals surface area contributed by atoms with Crippen molar-refractivity contribution in [2.75, 3.05) is 32.2 Å². The number of nitrogens with zero attached hydrogens (tertiary/aromatic N) is 3. The van der Waals surface area contributed by atoms with E-state index in [0.717, 1.165) is 18.9 Å². The highest BCUT2D eigenvalue weighted by Crippen LogP contribution is 2.46. The molecule has 2 heterocycles. The Hall–Kier alpha value is -1.96. The molecule has 2 aromatic heterocycles. The predicted molar refractivity (Wildman–Crippen MR) is 119 cm³/mol. The molecule has 1 aromatic carbocycles. The van der Waals surface area contributed by atoms with E-state index in [4.69, 9.17) is 40.9 Å².